The molecule has 0 spiro atoms. The zero-order chi connectivity index (χ0) is 27.5. The lowest BCUT2D eigenvalue weighted by Crippen LogP contribution is -2.63. The second kappa shape index (κ2) is 15.1. The summed E-state index contributed by atoms with van der Waals surface area (Å²) in [5, 5.41) is 4.08. The van der Waals surface area contributed by atoms with Gasteiger partial charge in [0.05, 0.1) is 0 Å². The molecule has 0 radical (unpaired) electrons. The second-order valence-electron chi connectivity index (χ2n) is 11.5. The molecule has 0 aliphatic carbocycles. The van der Waals surface area contributed by atoms with Crippen LogP contribution in [-0.2, 0) is 25.7 Å². The summed E-state index contributed by atoms with van der Waals surface area (Å²) >= 11 is 8.22. The Morgan fingerprint density at radius 3 is 1.03 bits per heavy atom. The number of unbranched alkanes of at least 4 members (excludes halogenated alkanes) is 4. The van der Waals surface area contributed by atoms with Gasteiger partial charge < -0.3 is 0 Å². The van der Waals surface area contributed by atoms with Crippen LogP contribution in [0.5, 0.6) is 0 Å². The van der Waals surface area contributed by atoms with Gasteiger partial charge in [-0.05, 0) is 103 Å². The molecule has 0 aliphatic heterocycles. The molecule has 0 aliphatic rings. The van der Waals surface area contributed by atoms with E-state index in [0.717, 1.165) is 25.7 Å². The van der Waals surface area contributed by atoms with E-state index in [9.17, 15) is 0 Å². The summed E-state index contributed by atoms with van der Waals surface area (Å²) in [4.78, 5) is 0. The first kappa shape index (κ1) is 30.7. The van der Waals surface area contributed by atoms with Crippen molar-refractivity contribution in [3.63, 3.8) is 0 Å². The lowest BCUT2D eigenvalue weighted by atomic mass is 10.0. The molecule has 206 valence electrons. The van der Waals surface area contributed by atoms with Gasteiger partial charge in [-0.15, -0.1) is 11.1 Å². The van der Waals surface area contributed by atoms with Crippen LogP contribution in [0.1, 0.15) is 112 Å². The van der Waals surface area contributed by atoms with Crippen LogP contribution in [0.15, 0.2) is 54.6 Å². The van der Waals surface area contributed by atoms with Crippen molar-refractivity contribution in [3.05, 3.63) is 88.0 Å². The lowest BCUT2D eigenvalue weighted by Gasteiger charge is -2.29. The Morgan fingerprint density at radius 1 is 0.447 bits per heavy atom. The molecule has 0 saturated heterocycles. The van der Waals surface area contributed by atoms with Crippen LogP contribution in [0.25, 0.3) is 0 Å². The highest BCUT2D eigenvalue weighted by atomic mass is 35.6. The summed E-state index contributed by atoms with van der Waals surface area (Å²) in [6.07, 6.45) is 14.3. The van der Waals surface area contributed by atoms with Crippen LogP contribution in [-0.4, -0.2) is 7.38 Å². The van der Waals surface area contributed by atoms with Crippen molar-refractivity contribution in [3.8, 4) is 0 Å². The summed E-state index contributed by atoms with van der Waals surface area (Å²) in [5.74, 6) is 0. The highest BCUT2D eigenvalue weighted by Crippen LogP contribution is 2.21. The quantitative estimate of drug-likeness (QED) is 0.101. The summed E-state index contributed by atoms with van der Waals surface area (Å²) in [7, 11) is -2.75. The summed E-state index contributed by atoms with van der Waals surface area (Å²) in [6.45, 7) is 13.6. The number of rotatable bonds is 15. The average Bonchev–Trinajstić information content (AvgIpc) is 2.91. The lowest BCUT2D eigenvalue weighted by molar-refractivity contribution is 0.781. The largest absolute Gasteiger partial charge is 0.247 e. The fourth-order valence-electron chi connectivity index (χ4n) is 5.70. The summed E-state index contributed by atoms with van der Waals surface area (Å²) < 4.78 is 0. The molecule has 2 heteroatoms. The molecule has 0 aromatic heterocycles. The first-order chi connectivity index (χ1) is 18.3. The van der Waals surface area contributed by atoms with Crippen LogP contribution in [0.2, 0.25) is 0 Å². The third-order valence-corrected chi connectivity index (χ3v) is 13.0. The number of halogens is 1. The van der Waals surface area contributed by atoms with Gasteiger partial charge in [-0.1, -0.05) is 119 Å². The molecule has 3 rings (SSSR count). The molecule has 0 amide bonds. The highest BCUT2D eigenvalue weighted by molar-refractivity contribution is 7.40. The number of hydrogen-bond donors (Lipinski definition) is 0. The van der Waals surface area contributed by atoms with Gasteiger partial charge in [-0.2, -0.15) is 0 Å². The van der Waals surface area contributed by atoms with Gasteiger partial charge in [0.15, 0.2) is 0 Å². The van der Waals surface area contributed by atoms with E-state index in [1.807, 2.05) is 0 Å². The van der Waals surface area contributed by atoms with Crippen molar-refractivity contribution in [2.75, 3.05) is 0 Å². The zero-order valence-electron chi connectivity index (χ0n) is 25.1. The fourth-order valence-corrected chi connectivity index (χ4v) is 10.1. The Labute approximate surface area is 240 Å². The summed E-state index contributed by atoms with van der Waals surface area (Å²) in [5.41, 5.74) is 8.46. The Morgan fingerprint density at radius 2 is 0.737 bits per heavy atom. The van der Waals surface area contributed by atoms with Gasteiger partial charge in [0.2, 0.25) is 7.38 Å². The molecule has 0 unspecified atom stereocenters. The maximum Gasteiger partial charge on any atom is 0.247 e. The van der Waals surface area contributed by atoms with Crippen molar-refractivity contribution in [2.45, 2.75) is 119 Å². The smallest absolute Gasteiger partial charge is 0.149 e. The topological polar surface area (TPSA) is 0 Å². The molecule has 3 aromatic rings. The zero-order valence-corrected chi connectivity index (χ0v) is 26.8. The molecule has 0 N–H and O–H groups in total. The highest BCUT2D eigenvalue weighted by Gasteiger charge is 2.39. The minimum atomic E-state index is -2.75. The van der Waals surface area contributed by atoms with Gasteiger partial charge in [0.25, 0.3) is 0 Å². The Bertz CT molecular complexity index is 1030. The average molecular weight is 547 g/mol. The van der Waals surface area contributed by atoms with E-state index in [0.29, 0.717) is 0 Å². The molecule has 3 aromatic carbocycles. The molecule has 0 bridgehead atoms. The van der Waals surface area contributed by atoms with E-state index >= 15 is 0 Å². The number of hydrogen-bond acceptors (Lipinski definition) is 0. The molecule has 0 saturated carbocycles. The van der Waals surface area contributed by atoms with Crippen molar-refractivity contribution < 1.29 is 0 Å². The third kappa shape index (κ3) is 8.09. The molecule has 0 atom stereocenters. The Kier molecular flexibility index (Phi) is 12.2. The van der Waals surface area contributed by atoms with Crippen molar-refractivity contribution in [2.24, 2.45) is 0 Å². The van der Waals surface area contributed by atoms with E-state index in [2.05, 4.69) is 96.1 Å². The van der Waals surface area contributed by atoms with Crippen LogP contribution in [0, 0.1) is 13.8 Å². The first-order valence-electron chi connectivity index (χ1n) is 15.4. The molecular weight excluding hydrogens is 496 g/mol. The predicted molar refractivity (Wildman–Crippen MR) is 174 cm³/mol. The van der Waals surface area contributed by atoms with E-state index in [1.54, 1.807) is 0 Å². The molecule has 0 fully saturated rings. The molecule has 38 heavy (non-hydrogen) atoms. The van der Waals surface area contributed by atoms with E-state index in [4.69, 9.17) is 11.1 Å². The van der Waals surface area contributed by atoms with E-state index < -0.39 is 7.38 Å². The van der Waals surface area contributed by atoms with Crippen LogP contribution in [0.3, 0.4) is 0 Å². The van der Waals surface area contributed by atoms with Gasteiger partial charge >= 0.3 is 0 Å². The minimum Gasteiger partial charge on any atom is -0.149 e. The summed E-state index contributed by atoms with van der Waals surface area (Å²) in [6, 6.07) is 21.9. The molecule has 0 nitrogen and oxygen atoms in total. The normalized spacial score (nSPS) is 11.8. The van der Waals surface area contributed by atoms with Crippen LogP contribution < -0.4 is 15.6 Å². The first-order valence-corrected chi connectivity index (χ1v) is 18.4. The maximum atomic E-state index is 8.22. The number of aryl methyl sites for hydroxylation is 6. The fraction of sp³-hybridized carbons (Fsp3) is 0.500. The maximum absolute atomic E-state index is 8.22. The van der Waals surface area contributed by atoms with Gasteiger partial charge in [0, 0.05) is 0 Å². The standard InChI is InChI=1S/C36H51ClSi/c1-7-11-15-30-22-31(16-12-8-2)25-35(24-30)38(37,34-20-28(5)19-29(6)21-34)36-26-32(17-13-9-3)23-33(27-36)18-14-10-4/h19-27H,7-18H2,1-6H3. The minimum absolute atomic E-state index is 1.13. The third-order valence-electron chi connectivity index (χ3n) is 7.80. The predicted octanol–water partition coefficient (Wildman–Crippen LogP) is 8.88. The van der Waals surface area contributed by atoms with Crippen LogP contribution in [0.4, 0.5) is 0 Å². The molecular formula is C36H51ClSi. The number of benzene rings is 3. The second-order valence-corrected chi connectivity index (χ2v) is 16.3. The van der Waals surface area contributed by atoms with Crippen molar-refractivity contribution in [1.29, 1.82) is 0 Å². The van der Waals surface area contributed by atoms with Gasteiger partial charge in [-0.25, -0.2) is 0 Å². The van der Waals surface area contributed by atoms with Crippen molar-refractivity contribution in [1.82, 2.24) is 0 Å². The van der Waals surface area contributed by atoms with Gasteiger partial charge in [-0.3, -0.25) is 0 Å². The Hall–Kier alpha value is -1.83. The monoisotopic (exact) mass is 546 g/mol. The molecule has 0 heterocycles. The Balaban J connectivity index is 2.30. The van der Waals surface area contributed by atoms with E-state index in [-0.39, 0.29) is 0 Å². The van der Waals surface area contributed by atoms with Crippen molar-refractivity contribution >= 4 is 34.0 Å². The van der Waals surface area contributed by atoms with Crippen LogP contribution >= 0.6 is 11.1 Å². The SMILES string of the molecule is CCCCc1cc(CCCC)cc([Si](Cl)(c2cc(C)cc(C)c2)c2cc(CCCC)cc(CCCC)c2)c1. The van der Waals surface area contributed by atoms with Gasteiger partial charge in [0.1, 0.15) is 0 Å². The van der Waals surface area contributed by atoms with E-state index in [1.165, 1.54) is 100 Å².